The smallest absolute Gasteiger partial charge is 0.189 e. The van der Waals surface area contributed by atoms with Crippen LogP contribution in [-0.4, -0.2) is 10.9 Å². The van der Waals surface area contributed by atoms with Gasteiger partial charge in [0.1, 0.15) is 11.5 Å². The van der Waals surface area contributed by atoms with Gasteiger partial charge in [0, 0.05) is 0 Å². The summed E-state index contributed by atoms with van der Waals surface area (Å²) in [4.78, 5) is 12.0. The van der Waals surface area contributed by atoms with Gasteiger partial charge in [-0.05, 0) is 71.3 Å². The average Bonchev–Trinajstić information content (AvgIpc) is 2.76. The molecular formula is C15H13BrO3. The van der Waals surface area contributed by atoms with Gasteiger partial charge in [-0.15, -0.1) is 0 Å². The summed E-state index contributed by atoms with van der Waals surface area (Å²) in [6.07, 6.45) is 2.96. The molecule has 0 saturated carbocycles. The largest absolute Gasteiger partial charge is 0.507 e. The van der Waals surface area contributed by atoms with E-state index in [2.05, 4.69) is 15.9 Å². The Morgan fingerprint density at radius 2 is 2.05 bits per heavy atom. The van der Waals surface area contributed by atoms with E-state index in [-0.39, 0.29) is 11.5 Å². The van der Waals surface area contributed by atoms with Gasteiger partial charge in [-0.1, -0.05) is 6.07 Å². The van der Waals surface area contributed by atoms with Crippen molar-refractivity contribution in [1.29, 1.82) is 0 Å². The van der Waals surface area contributed by atoms with E-state index in [1.54, 1.807) is 31.2 Å². The number of allylic oxidation sites excluding steroid dienone is 1. The van der Waals surface area contributed by atoms with Crippen molar-refractivity contribution in [3.63, 3.8) is 0 Å². The van der Waals surface area contributed by atoms with Gasteiger partial charge >= 0.3 is 0 Å². The zero-order valence-corrected chi connectivity index (χ0v) is 12.2. The summed E-state index contributed by atoms with van der Waals surface area (Å²) < 4.78 is 5.87. The van der Waals surface area contributed by atoms with Crippen LogP contribution in [0.3, 0.4) is 0 Å². The molecule has 0 aliphatic heterocycles. The van der Waals surface area contributed by atoms with Crippen LogP contribution in [0.4, 0.5) is 0 Å². The van der Waals surface area contributed by atoms with E-state index in [4.69, 9.17) is 4.42 Å². The van der Waals surface area contributed by atoms with Crippen LogP contribution in [0.2, 0.25) is 0 Å². The molecule has 2 rings (SSSR count). The van der Waals surface area contributed by atoms with Crippen molar-refractivity contribution in [2.75, 3.05) is 0 Å². The molecule has 1 N–H and O–H groups in total. The second-order valence-corrected chi connectivity index (χ2v) is 5.10. The first-order chi connectivity index (χ1) is 8.97. The fourth-order valence-corrected chi connectivity index (χ4v) is 2.13. The van der Waals surface area contributed by atoms with E-state index < -0.39 is 0 Å². The molecule has 0 aliphatic rings. The zero-order valence-electron chi connectivity index (χ0n) is 10.6. The maximum atomic E-state index is 12.0. The molecule has 0 spiro atoms. The fraction of sp³-hybridized carbons (Fsp3) is 0.133. The number of hydrogen-bond acceptors (Lipinski definition) is 3. The van der Waals surface area contributed by atoms with Crippen molar-refractivity contribution in [1.82, 2.24) is 0 Å². The second kappa shape index (κ2) is 5.45. The number of benzene rings is 1. The monoisotopic (exact) mass is 320 g/mol. The third kappa shape index (κ3) is 3.15. The predicted octanol–water partition coefficient (Wildman–Crippen LogP) is 4.26. The summed E-state index contributed by atoms with van der Waals surface area (Å²) >= 11 is 3.19. The molecule has 0 atom stereocenters. The molecule has 3 nitrogen and oxygen atoms in total. The maximum absolute atomic E-state index is 12.0. The number of rotatable bonds is 3. The molecule has 1 aromatic carbocycles. The number of phenolic OH excluding ortho intramolecular Hbond substituents is 1. The van der Waals surface area contributed by atoms with Gasteiger partial charge in [0.2, 0.25) is 0 Å². The lowest BCUT2D eigenvalue weighted by molar-refractivity contribution is 0.104. The highest BCUT2D eigenvalue weighted by Crippen LogP contribution is 2.25. The molecule has 4 heteroatoms. The Kier molecular flexibility index (Phi) is 3.90. The lowest BCUT2D eigenvalue weighted by Crippen LogP contribution is -1.97. The van der Waals surface area contributed by atoms with E-state index >= 15 is 0 Å². The first-order valence-electron chi connectivity index (χ1n) is 5.75. The zero-order chi connectivity index (χ0) is 14.0. The third-order valence-electron chi connectivity index (χ3n) is 2.70. The van der Waals surface area contributed by atoms with Crippen molar-refractivity contribution in [2.24, 2.45) is 0 Å². The molecule has 0 bridgehead atoms. The lowest BCUT2D eigenvalue weighted by Gasteiger charge is -2.05. The summed E-state index contributed by atoms with van der Waals surface area (Å²) in [6.45, 7) is 3.66. The fourth-order valence-electron chi connectivity index (χ4n) is 1.81. The molecule has 2 aromatic rings. The first kappa shape index (κ1) is 13.6. The lowest BCUT2D eigenvalue weighted by atomic mass is 10.0. The number of aromatic hydroxyl groups is 1. The average molecular weight is 321 g/mol. The van der Waals surface area contributed by atoms with E-state index in [1.165, 1.54) is 6.08 Å². The summed E-state index contributed by atoms with van der Waals surface area (Å²) in [7, 11) is 0. The number of ketones is 1. The van der Waals surface area contributed by atoms with Gasteiger partial charge in [-0.3, -0.25) is 4.79 Å². The number of hydrogen-bond donors (Lipinski definition) is 1. The number of carbonyl (C=O) groups excluding carboxylic acids is 1. The normalized spacial score (nSPS) is 11.1. The van der Waals surface area contributed by atoms with Crippen LogP contribution in [-0.2, 0) is 0 Å². The van der Waals surface area contributed by atoms with Crippen LogP contribution in [0.15, 0.2) is 39.4 Å². The quantitative estimate of drug-likeness (QED) is 0.679. The molecule has 0 aliphatic carbocycles. The van der Waals surface area contributed by atoms with Crippen LogP contribution in [0.1, 0.15) is 27.2 Å². The third-order valence-corrected chi connectivity index (χ3v) is 3.13. The van der Waals surface area contributed by atoms with Gasteiger partial charge in [-0.25, -0.2) is 0 Å². The van der Waals surface area contributed by atoms with Crippen LogP contribution in [0.5, 0.6) is 5.75 Å². The van der Waals surface area contributed by atoms with Gasteiger partial charge in [-0.2, -0.15) is 0 Å². The van der Waals surface area contributed by atoms with Crippen molar-refractivity contribution < 1.29 is 14.3 Å². The maximum Gasteiger partial charge on any atom is 0.189 e. The Balaban J connectivity index is 2.28. The Bertz CT molecular complexity index is 653. The summed E-state index contributed by atoms with van der Waals surface area (Å²) in [6, 6.07) is 7.00. The van der Waals surface area contributed by atoms with Crippen molar-refractivity contribution in [2.45, 2.75) is 13.8 Å². The number of halogens is 1. The molecule has 98 valence electrons. The van der Waals surface area contributed by atoms with Crippen LogP contribution >= 0.6 is 15.9 Å². The highest BCUT2D eigenvalue weighted by atomic mass is 79.9. The Morgan fingerprint density at radius 1 is 1.32 bits per heavy atom. The molecule has 0 unspecified atom stereocenters. The molecule has 1 aromatic heterocycles. The summed E-state index contributed by atoms with van der Waals surface area (Å²) in [5.41, 5.74) is 1.93. The van der Waals surface area contributed by atoms with Gasteiger partial charge < -0.3 is 9.52 Å². The minimum Gasteiger partial charge on any atom is -0.507 e. The minimum atomic E-state index is -0.253. The Hall–Kier alpha value is -1.81. The molecule has 1 heterocycles. The summed E-state index contributed by atoms with van der Waals surface area (Å²) in [5.74, 6) is 0.349. The molecule has 0 amide bonds. The van der Waals surface area contributed by atoms with Crippen molar-refractivity contribution in [3.8, 4) is 5.75 Å². The highest BCUT2D eigenvalue weighted by molar-refractivity contribution is 9.10. The van der Waals surface area contributed by atoms with Gasteiger partial charge in [0.05, 0.1) is 5.56 Å². The second-order valence-electron chi connectivity index (χ2n) is 4.32. The van der Waals surface area contributed by atoms with E-state index in [0.717, 1.165) is 5.56 Å². The Morgan fingerprint density at radius 3 is 2.68 bits per heavy atom. The molecular weight excluding hydrogens is 308 g/mol. The van der Waals surface area contributed by atoms with E-state index in [0.29, 0.717) is 21.6 Å². The number of carbonyl (C=O) groups is 1. The SMILES string of the molecule is Cc1cc(C)c(O)c(C(=O)/C=C/c2ccc(Br)o2)c1. The highest BCUT2D eigenvalue weighted by Gasteiger charge is 2.11. The molecule has 0 fully saturated rings. The predicted molar refractivity (Wildman–Crippen MR) is 77.4 cm³/mol. The number of aryl methyl sites for hydroxylation is 2. The van der Waals surface area contributed by atoms with Crippen LogP contribution < -0.4 is 0 Å². The van der Waals surface area contributed by atoms with Gasteiger partial charge in [0.15, 0.2) is 10.5 Å². The topological polar surface area (TPSA) is 50.4 Å². The summed E-state index contributed by atoms with van der Waals surface area (Å²) in [5, 5.41) is 9.91. The van der Waals surface area contributed by atoms with Crippen molar-refractivity contribution in [3.05, 3.63) is 57.5 Å². The first-order valence-corrected chi connectivity index (χ1v) is 6.54. The Labute approximate surface area is 119 Å². The van der Waals surface area contributed by atoms with Gasteiger partial charge in [0.25, 0.3) is 0 Å². The molecule has 19 heavy (non-hydrogen) atoms. The van der Waals surface area contributed by atoms with Crippen molar-refractivity contribution >= 4 is 27.8 Å². The standard InChI is InChI=1S/C15H13BrO3/c1-9-7-10(2)15(18)12(8-9)13(17)5-3-11-4-6-14(16)19-11/h3-8,18H,1-2H3/b5-3+. The molecule has 0 radical (unpaired) electrons. The number of phenols is 1. The van der Waals surface area contributed by atoms with Crippen LogP contribution in [0.25, 0.3) is 6.08 Å². The molecule has 0 saturated heterocycles. The number of furan rings is 1. The van der Waals surface area contributed by atoms with E-state index in [1.807, 2.05) is 13.0 Å². The van der Waals surface area contributed by atoms with E-state index in [9.17, 15) is 9.90 Å². The minimum absolute atomic E-state index is 0.0286. The van der Waals surface area contributed by atoms with Crippen LogP contribution in [0, 0.1) is 13.8 Å².